The van der Waals surface area contributed by atoms with Crippen LogP contribution in [0, 0.1) is 0 Å². The monoisotopic (exact) mass is 518 g/mol. The summed E-state index contributed by atoms with van der Waals surface area (Å²) >= 11 is 0. The average Bonchev–Trinajstić information content (AvgIpc) is 3.34. The average molecular weight is 519 g/mol. The van der Waals surface area contributed by atoms with Crippen molar-refractivity contribution >= 4 is 22.7 Å². The van der Waals surface area contributed by atoms with Crippen LogP contribution in [0.15, 0.2) is 54.7 Å². The number of nitrogens with one attached hydrogen (secondary N) is 3. The molecule has 2 heterocycles. The van der Waals surface area contributed by atoms with E-state index in [1.165, 1.54) is 43.6 Å². The topological polar surface area (TPSA) is 118 Å². The minimum Gasteiger partial charge on any atom is -0.480 e. The van der Waals surface area contributed by atoms with Gasteiger partial charge >= 0.3 is 6.36 Å². The van der Waals surface area contributed by atoms with E-state index in [0.29, 0.717) is 16.6 Å². The fourth-order valence-corrected chi connectivity index (χ4v) is 3.57. The maximum absolute atomic E-state index is 13.0. The number of para-hydroxylation sites is 1. The van der Waals surface area contributed by atoms with E-state index in [-0.39, 0.29) is 34.6 Å². The summed E-state index contributed by atoms with van der Waals surface area (Å²) < 4.78 is 84.4. The van der Waals surface area contributed by atoms with E-state index in [0.717, 1.165) is 6.07 Å². The number of hydrogen-bond acceptors (Lipinski definition) is 6. The Balaban J connectivity index is 1.57. The molecule has 192 valence electrons. The number of carbonyl (C=O) groups is 2. The van der Waals surface area contributed by atoms with E-state index >= 15 is 0 Å². The lowest BCUT2D eigenvalue weighted by Gasteiger charge is -2.14. The van der Waals surface area contributed by atoms with Gasteiger partial charge in [0, 0.05) is 42.6 Å². The predicted molar refractivity (Wildman–Crippen MR) is 128 cm³/mol. The van der Waals surface area contributed by atoms with Crippen molar-refractivity contribution in [3.05, 3.63) is 71.5 Å². The molecule has 0 unspecified atom stereocenters. The van der Waals surface area contributed by atoms with Crippen molar-refractivity contribution < 1.29 is 39.1 Å². The number of alkyl halides is 3. The van der Waals surface area contributed by atoms with Crippen molar-refractivity contribution in [3.63, 3.8) is 0 Å². The summed E-state index contributed by atoms with van der Waals surface area (Å²) in [6.07, 6.45) is -3.49. The predicted octanol–water partition coefficient (Wildman–Crippen LogP) is 4.21. The molecule has 37 heavy (non-hydrogen) atoms. The summed E-state index contributed by atoms with van der Waals surface area (Å²) in [6.45, 7) is -6.38. The number of halogens is 3. The van der Waals surface area contributed by atoms with Crippen molar-refractivity contribution in [2.24, 2.45) is 0 Å². The summed E-state index contributed by atoms with van der Waals surface area (Å²) in [6, 6.07) is 11.5. The highest BCUT2D eigenvalue weighted by Gasteiger charge is 2.32. The van der Waals surface area contributed by atoms with Gasteiger partial charge in [0.25, 0.3) is 11.8 Å². The third-order valence-electron chi connectivity index (χ3n) is 5.21. The van der Waals surface area contributed by atoms with Crippen molar-refractivity contribution in [2.45, 2.75) is 19.8 Å². The first kappa shape index (κ1) is 19.6. The molecule has 0 radical (unpaired) electrons. The number of amides is 2. The van der Waals surface area contributed by atoms with E-state index in [1.54, 1.807) is 12.1 Å². The molecule has 4 rings (SSSR count). The minimum absolute atomic E-state index is 0.0131. The second-order valence-corrected chi connectivity index (χ2v) is 7.53. The highest BCUT2D eigenvalue weighted by atomic mass is 19.4. The molecule has 0 aliphatic rings. The zero-order valence-corrected chi connectivity index (χ0v) is 19.1. The van der Waals surface area contributed by atoms with Gasteiger partial charge in [-0.05, 0) is 36.7 Å². The fraction of sp³-hybridized carbons (Fsp3) is 0.200. The van der Waals surface area contributed by atoms with Crippen molar-refractivity contribution in [1.82, 2.24) is 25.8 Å². The van der Waals surface area contributed by atoms with Gasteiger partial charge in [-0.25, -0.2) is 4.98 Å². The lowest BCUT2D eigenvalue weighted by atomic mass is 10.0. The number of methoxy groups -OCH3 is 1. The van der Waals surface area contributed by atoms with E-state index in [1.807, 2.05) is 5.32 Å². The van der Waals surface area contributed by atoms with Gasteiger partial charge in [0.1, 0.15) is 11.3 Å². The number of ether oxygens (including phenoxy) is 2. The van der Waals surface area contributed by atoms with Gasteiger partial charge in [0.2, 0.25) is 5.88 Å². The first-order valence-electron chi connectivity index (χ1n) is 13.1. The Morgan fingerprint density at radius 3 is 2.68 bits per heavy atom. The highest BCUT2D eigenvalue weighted by molar-refractivity contribution is 6.05. The zero-order valence-electron chi connectivity index (χ0n) is 24.1. The molecule has 12 heteroatoms. The molecule has 0 aliphatic heterocycles. The van der Waals surface area contributed by atoms with Crippen LogP contribution in [-0.2, 0) is 6.54 Å². The molecule has 9 nitrogen and oxygen atoms in total. The molecule has 3 N–H and O–H groups in total. The van der Waals surface area contributed by atoms with Crippen LogP contribution in [0.5, 0.6) is 11.6 Å². The summed E-state index contributed by atoms with van der Waals surface area (Å²) in [5, 5.41) is 11.1. The zero-order chi connectivity index (χ0) is 30.9. The Kier molecular flexibility index (Phi) is 5.58. The first-order valence-corrected chi connectivity index (χ1v) is 10.6. The van der Waals surface area contributed by atoms with Crippen LogP contribution in [0.3, 0.4) is 0 Å². The molecular weight excluding hydrogens is 491 g/mol. The molecule has 0 saturated heterocycles. The lowest BCUT2D eigenvalue weighted by molar-refractivity contribution is -0.274. The maximum atomic E-state index is 13.0. The quantitative estimate of drug-likeness (QED) is 0.322. The summed E-state index contributed by atoms with van der Waals surface area (Å²) in [4.78, 5) is 29.7. The Morgan fingerprint density at radius 1 is 1.11 bits per heavy atom. The van der Waals surface area contributed by atoms with Crippen LogP contribution in [0.4, 0.5) is 13.2 Å². The molecule has 4 aromatic rings. The Hall–Kier alpha value is -4.61. The van der Waals surface area contributed by atoms with Gasteiger partial charge in [-0.1, -0.05) is 24.3 Å². The number of benzene rings is 2. The molecule has 2 amide bonds. The van der Waals surface area contributed by atoms with Crippen LogP contribution < -0.4 is 20.1 Å². The molecule has 0 bridgehead atoms. The number of rotatable bonds is 8. The van der Waals surface area contributed by atoms with E-state index in [2.05, 4.69) is 25.2 Å². The summed E-state index contributed by atoms with van der Waals surface area (Å²) in [5.41, 5.74) is 1.14. The standard InChI is InChI=1S/C25H22F3N5O4/c1-3-29-23(35)21-17-9-8-14(11-19(17)32-33-21)16-10-18(24(36-2)31-13-16)22(34)30-12-15-6-4-5-7-20(15)37-25(26,27)28/h4-11,13H,3,12H2,1-2H3,(H,29,35)(H,30,34)(H,32,33)/i1D3,3D2. The molecule has 0 spiro atoms. The molecule has 2 aromatic heterocycles. The third kappa shape index (κ3) is 5.80. The molecule has 0 saturated carbocycles. The number of carbonyl (C=O) groups excluding carboxylic acids is 2. The fourth-order valence-electron chi connectivity index (χ4n) is 3.57. The molecule has 0 aliphatic carbocycles. The molecule has 0 fully saturated rings. The van der Waals surface area contributed by atoms with Crippen LogP contribution in [0.25, 0.3) is 22.0 Å². The van der Waals surface area contributed by atoms with Crippen molar-refractivity contribution in [2.75, 3.05) is 13.6 Å². The smallest absolute Gasteiger partial charge is 0.480 e. The number of nitrogens with zero attached hydrogens (tertiary/aromatic N) is 2. The second kappa shape index (κ2) is 10.6. The lowest BCUT2D eigenvalue weighted by Crippen LogP contribution is -2.25. The number of aromatic nitrogens is 3. The summed E-state index contributed by atoms with van der Waals surface area (Å²) in [7, 11) is 1.29. The van der Waals surface area contributed by atoms with Gasteiger partial charge in [-0.15, -0.1) is 13.2 Å². The second-order valence-electron chi connectivity index (χ2n) is 7.53. The van der Waals surface area contributed by atoms with Crippen LogP contribution in [0.1, 0.15) is 40.1 Å². The minimum atomic E-state index is -4.91. The maximum Gasteiger partial charge on any atom is 0.573 e. The molecule has 0 atom stereocenters. The number of fused-ring (bicyclic) bond motifs is 1. The van der Waals surface area contributed by atoms with Gasteiger partial charge in [0.15, 0.2) is 5.69 Å². The number of pyridine rings is 1. The van der Waals surface area contributed by atoms with E-state index in [4.69, 9.17) is 11.6 Å². The number of hydrogen-bond donors (Lipinski definition) is 3. The van der Waals surface area contributed by atoms with Crippen LogP contribution >= 0.6 is 0 Å². The van der Waals surface area contributed by atoms with E-state index < -0.39 is 37.3 Å². The number of aromatic amines is 1. The van der Waals surface area contributed by atoms with E-state index in [9.17, 15) is 22.8 Å². The van der Waals surface area contributed by atoms with Gasteiger partial charge in [-0.2, -0.15) is 5.10 Å². The normalized spacial score (nSPS) is 14.0. The van der Waals surface area contributed by atoms with Gasteiger partial charge in [0.05, 0.1) is 12.6 Å². The molecular formula is C25H22F3N5O4. The first-order chi connectivity index (χ1) is 19.6. The Morgan fingerprint density at radius 2 is 1.92 bits per heavy atom. The highest BCUT2D eigenvalue weighted by Crippen LogP contribution is 2.29. The Labute approximate surface area is 216 Å². The Bertz CT molecular complexity index is 1640. The van der Waals surface area contributed by atoms with Crippen molar-refractivity contribution in [1.29, 1.82) is 0 Å². The van der Waals surface area contributed by atoms with Crippen molar-refractivity contribution in [3.8, 4) is 22.8 Å². The van der Waals surface area contributed by atoms with Crippen LogP contribution in [0.2, 0.25) is 0 Å². The number of H-pyrrole nitrogens is 1. The SMILES string of the molecule is [2H]C([2H])([2H])C([2H])([2H])NC(=O)c1n[nH]c2cc(-c3cnc(OC)c(C(=O)NCc4ccccc4OC(F)(F)F)c3)ccc12. The van der Waals surface area contributed by atoms with Gasteiger partial charge in [-0.3, -0.25) is 14.7 Å². The third-order valence-corrected chi connectivity index (χ3v) is 5.21. The largest absolute Gasteiger partial charge is 0.573 e. The van der Waals surface area contributed by atoms with Crippen LogP contribution in [-0.4, -0.2) is 47.0 Å². The summed E-state index contributed by atoms with van der Waals surface area (Å²) in [5.74, 6) is -2.23. The molecule has 2 aromatic carbocycles. The van der Waals surface area contributed by atoms with Gasteiger partial charge < -0.3 is 20.1 Å².